The molecule has 0 unspecified atom stereocenters. The maximum Gasteiger partial charge on any atom is 0.201 e. The smallest absolute Gasteiger partial charge is 0.201 e. The largest absolute Gasteiger partial charge is 0.382 e. The number of nitrogens with one attached hydrogen (secondary N) is 3. The summed E-state index contributed by atoms with van der Waals surface area (Å²) >= 11 is 0. The molecule has 7 nitrogen and oxygen atoms in total. The van der Waals surface area contributed by atoms with Crippen LogP contribution in [0.2, 0.25) is 0 Å². The molecule has 0 aliphatic carbocycles. The summed E-state index contributed by atoms with van der Waals surface area (Å²) < 4.78 is 0. The molecule has 1 aromatic heterocycles. The molecule has 0 bridgehead atoms. The number of nitrogens with two attached hydrogens (primary N) is 1. The average molecular weight is 317 g/mol. The number of fused-ring (bicyclic) bond motifs is 1. The van der Waals surface area contributed by atoms with Crippen LogP contribution in [0.1, 0.15) is 5.56 Å². The molecule has 0 spiro atoms. The van der Waals surface area contributed by atoms with E-state index in [1.54, 1.807) is 12.1 Å². The minimum Gasteiger partial charge on any atom is -0.382 e. The van der Waals surface area contributed by atoms with E-state index in [9.17, 15) is 0 Å². The number of amidine groups is 1. The predicted molar refractivity (Wildman–Crippen MR) is 94.9 cm³/mol. The highest BCUT2D eigenvalue weighted by Crippen LogP contribution is 2.23. The van der Waals surface area contributed by atoms with Crippen LogP contribution in [-0.4, -0.2) is 21.5 Å². The summed E-state index contributed by atoms with van der Waals surface area (Å²) in [6, 6.07) is 15.2. The quantitative estimate of drug-likeness (QED) is 0.335. The van der Waals surface area contributed by atoms with Crippen molar-refractivity contribution < 1.29 is 0 Å². The third kappa shape index (κ3) is 3.08. The summed E-state index contributed by atoms with van der Waals surface area (Å²) in [4.78, 5) is 7.87. The number of hydrogen-bond donors (Lipinski definition) is 4. The lowest BCUT2D eigenvalue weighted by Crippen LogP contribution is -2.21. The molecule has 0 amide bonds. The van der Waals surface area contributed by atoms with Crippen LogP contribution in [0, 0.1) is 23.7 Å². The molecule has 24 heavy (non-hydrogen) atoms. The monoisotopic (exact) mass is 317 g/mol. The minimum atomic E-state index is -0.381. The molecule has 3 rings (SSSR count). The first kappa shape index (κ1) is 15.2. The Balaban J connectivity index is 1.92. The van der Waals surface area contributed by atoms with E-state index in [0.29, 0.717) is 5.69 Å². The van der Waals surface area contributed by atoms with Gasteiger partial charge in [-0.15, -0.1) is 0 Å². The lowest BCUT2D eigenvalue weighted by Gasteiger charge is -2.03. The highest BCUT2D eigenvalue weighted by Gasteiger charge is 2.06. The maximum atomic E-state index is 8.85. The van der Waals surface area contributed by atoms with Gasteiger partial charge in [0.15, 0.2) is 5.84 Å². The van der Waals surface area contributed by atoms with Crippen molar-refractivity contribution in [1.82, 2.24) is 9.97 Å². The van der Waals surface area contributed by atoms with Crippen molar-refractivity contribution in [2.24, 2.45) is 10.8 Å². The molecule has 0 fully saturated rings. The highest BCUT2D eigenvalue weighted by molar-refractivity contribution is 6.45. The SMILES string of the molecule is Cc1ccc2nc(-c3cccc(N/N=C(\C#N)C(=N)N)c3)[nH]c2c1. The van der Waals surface area contributed by atoms with E-state index < -0.39 is 0 Å². The van der Waals surface area contributed by atoms with Crippen LogP contribution >= 0.6 is 0 Å². The number of hydrogen-bond acceptors (Lipinski definition) is 5. The number of anilines is 1. The fraction of sp³-hybridized carbons (Fsp3) is 0.0588. The van der Waals surface area contributed by atoms with E-state index >= 15 is 0 Å². The highest BCUT2D eigenvalue weighted by atomic mass is 15.3. The van der Waals surface area contributed by atoms with Crippen LogP contribution in [0.3, 0.4) is 0 Å². The van der Waals surface area contributed by atoms with Gasteiger partial charge in [0.05, 0.1) is 16.7 Å². The van der Waals surface area contributed by atoms with Gasteiger partial charge < -0.3 is 10.7 Å². The van der Waals surface area contributed by atoms with E-state index in [1.165, 1.54) is 0 Å². The van der Waals surface area contributed by atoms with Crippen molar-refractivity contribution in [2.45, 2.75) is 6.92 Å². The zero-order chi connectivity index (χ0) is 17.1. The lowest BCUT2D eigenvalue weighted by atomic mass is 10.2. The molecule has 0 aliphatic rings. The van der Waals surface area contributed by atoms with Crippen molar-refractivity contribution in [3.8, 4) is 17.5 Å². The molecular formula is C17H15N7. The van der Waals surface area contributed by atoms with Crippen molar-refractivity contribution in [2.75, 3.05) is 5.43 Å². The molecule has 0 saturated carbocycles. The second-order valence-corrected chi connectivity index (χ2v) is 5.28. The van der Waals surface area contributed by atoms with Crippen LogP contribution in [0.5, 0.6) is 0 Å². The van der Waals surface area contributed by atoms with Crippen molar-refractivity contribution in [3.63, 3.8) is 0 Å². The zero-order valence-electron chi connectivity index (χ0n) is 13.0. The number of H-pyrrole nitrogens is 1. The number of nitrogens with zero attached hydrogens (tertiary/aromatic N) is 3. The number of nitriles is 1. The second kappa shape index (κ2) is 6.22. The summed E-state index contributed by atoms with van der Waals surface area (Å²) in [5.41, 5.74) is 12.4. The molecule has 5 N–H and O–H groups in total. The van der Waals surface area contributed by atoms with Crippen molar-refractivity contribution in [1.29, 1.82) is 10.7 Å². The third-order valence-electron chi connectivity index (χ3n) is 3.43. The summed E-state index contributed by atoms with van der Waals surface area (Å²) in [6.07, 6.45) is 0. The Bertz CT molecular complexity index is 992. The standard InChI is InChI=1S/C17H15N7/c1-10-5-6-13-14(7-10)22-17(21-13)11-3-2-4-12(8-11)23-24-15(9-18)16(19)20/h2-8,23H,1H3,(H3,19,20)(H,21,22)/b24-15+. The Labute approximate surface area is 138 Å². The van der Waals surface area contributed by atoms with Gasteiger partial charge in [-0.05, 0) is 36.8 Å². The van der Waals surface area contributed by atoms with Gasteiger partial charge in [0, 0.05) is 5.56 Å². The zero-order valence-corrected chi connectivity index (χ0v) is 13.0. The van der Waals surface area contributed by atoms with Gasteiger partial charge in [-0.1, -0.05) is 18.2 Å². The summed E-state index contributed by atoms with van der Waals surface area (Å²) in [7, 11) is 0. The third-order valence-corrected chi connectivity index (χ3v) is 3.43. The predicted octanol–water partition coefficient (Wildman–Crippen LogP) is 2.77. The molecule has 0 saturated heterocycles. The summed E-state index contributed by atoms with van der Waals surface area (Å²) in [5.74, 6) is 0.365. The molecular weight excluding hydrogens is 302 g/mol. The van der Waals surface area contributed by atoms with Gasteiger partial charge in [-0.2, -0.15) is 10.4 Å². The van der Waals surface area contributed by atoms with E-state index in [1.807, 2.05) is 43.3 Å². The first-order valence-electron chi connectivity index (χ1n) is 7.22. The second-order valence-electron chi connectivity index (χ2n) is 5.28. The fourth-order valence-electron chi connectivity index (χ4n) is 2.26. The Morgan fingerprint density at radius 3 is 2.92 bits per heavy atom. The van der Waals surface area contributed by atoms with Gasteiger partial charge in [-0.3, -0.25) is 10.8 Å². The number of rotatable bonds is 4. The fourth-order valence-corrected chi connectivity index (χ4v) is 2.26. The Morgan fingerprint density at radius 2 is 2.17 bits per heavy atom. The Morgan fingerprint density at radius 1 is 1.33 bits per heavy atom. The topological polar surface area (TPSA) is 127 Å². The van der Waals surface area contributed by atoms with Gasteiger partial charge in [0.1, 0.15) is 11.9 Å². The molecule has 0 atom stereocenters. The van der Waals surface area contributed by atoms with Gasteiger partial charge in [-0.25, -0.2) is 4.98 Å². The van der Waals surface area contributed by atoms with Crippen LogP contribution in [0.25, 0.3) is 22.4 Å². The number of benzene rings is 2. The first-order chi connectivity index (χ1) is 11.6. The molecule has 1 heterocycles. The van der Waals surface area contributed by atoms with Crippen LogP contribution in [0.4, 0.5) is 5.69 Å². The van der Waals surface area contributed by atoms with E-state index in [-0.39, 0.29) is 11.5 Å². The Hall–Kier alpha value is -3.66. The molecule has 7 heteroatoms. The minimum absolute atomic E-state index is 0.167. The van der Waals surface area contributed by atoms with E-state index in [0.717, 1.165) is 28.0 Å². The number of aryl methyl sites for hydroxylation is 1. The van der Waals surface area contributed by atoms with Crippen LogP contribution in [0.15, 0.2) is 47.6 Å². The van der Waals surface area contributed by atoms with Gasteiger partial charge >= 0.3 is 0 Å². The Kier molecular flexibility index (Phi) is 3.95. The van der Waals surface area contributed by atoms with Crippen LogP contribution in [-0.2, 0) is 0 Å². The summed E-state index contributed by atoms with van der Waals surface area (Å²) in [5, 5.41) is 19.9. The maximum absolute atomic E-state index is 8.85. The number of imidazole rings is 1. The van der Waals surface area contributed by atoms with Crippen LogP contribution < -0.4 is 11.2 Å². The van der Waals surface area contributed by atoms with E-state index in [4.69, 9.17) is 16.4 Å². The van der Waals surface area contributed by atoms with E-state index in [2.05, 4.69) is 20.5 Å². The number of aromatic amines is 1. The normalized spacial score (nSPS) is 11.2. The molecule has 0 aliphatic heterocycles. The van der Waals surface area contributed by atoms with Gasteiger partial charge in [0.25, 0.3) is 0 Å². The molecule has 3 aromatic rings. The first-order valence-corrected chi connectivity index (χ1v) is 7.22. The van der Waals surface area contributed by atoms with Gasteiger partial charge in [0.2, 0.25) is 5.71 Å². The molecule has 2 aromatic carbocycles. The molecule has 118 valence electrons. The van der Waals surface area contributed by atoms with Crippen molar-refractivity contribution in [3.05, 3.63) is 48.0 Å². The molecule has 0 radical (unpaired) electrons. The average Bonchev–Trinajstić information content (AvgIpc) is 2.98. The number of hydrazone groups is 1. The summed E-state index contributed by atoms with van der Waals surface area (Å²) in [6.45, 7) is 2.03. The van der Waals surface area contributed by atoms with Crippen molar-refractivity contribution >= 4 is 28.3 Å². The lowest BCUT2D eigenvalue weighted by molar-refractivity contribution is 1.31. The number of aromatic nitrogens is 2.